The van der Waals surface area contributed by atoms with Gasteiger partial charge in [0.1, 0.15) is 0 Å². The number of nitrogens with one attached hydrogen (secondary N) is 1. The second-order valence-corrected chi connectivity index (χ2v) is 4.15. The van der Waals surface area contributed by atoms with Crippen LogP contribution in [-0.4, -0.2) is 17.7 Å². The van der Waals surface area contributed by atoms with Gasteiger partial charge in [0.05, 0.1) is 0 Å². The van der Waals surface area contributed by atoms with Crippen molar-refractivity contribution in [3.63, 3.8) is 0 Å². The van der Waals surface area contributed by atoms with Crippen molar-refractivity contribution in [3.8, 4) is 0 Å². The van der Waals surface area contributed by atoms with Crippen LogP contribution in [-0.2, 0) is 9.59 Å². The van der Waals surface area contributed by atoms with Crippen molar-refractivity contribution >= 4 is 22.8 Å². The third-order valence-electron chi connectivity index (χ3n) is 2.60. The Morgan fingerprint density at radius 1 is 1.21 bits per heavy atom. The zero-order valence-corrected chi connectivity index (χ0v) is 8.98. The van der Waals surface area contributed by atoms with E-state index in [9.17, 15) is 9.59 Å². The number of carbonyl (C=O) groups is 2. The topological polar surface area (TPSA) is 46.2 Å². The highest BCUT2D eigenvalue weighted by atomic mass is 35.5. The van der Waals surface area contributed by atoms with Gasteiger partial charge < -0.3 is 5.32 Å². The minimum atomic E-state index is -0.394. The van der Waals surface area contributed by atoms with E-state index < -0.39 is 5.24 Å². The Kier molecular flexibility index (Phi) is 4.94. The standard InChI is InChI=1S/C10H16ClNO2/c11-9(13)6-7-12-10(14)8-4-2-1-3-5-8/h8H,1-7H2,(H,12,14). The average molecular weight is 218 g/mol. The monoisotopic (exact) mass is 217 g/mol. The van der Waals surface area contributed by atoms with Crippen molar-refractivity contribution in [1.82, 2.24) is 5.32 Å². The zero-order valence-electron chi connectivity index (χ0n) is 8.22. The molecule has 0 aromatic heterocycles. The van der Waals surface area contributed by atoms with Gasteiger partial charge in [-0.25, -0.2) is 0 Å². The molecule has 1 amide bonds. The average Bonchev–Trinajstić information content (AvgIpc) is 2.18. The fraction of sp³-hybridized carbons (Fsp3) is 0.800. The summed E-state index contributed by atoms with van der Waals surface area (Å²) in [5.41, 5.74) is 0. The van der Waals surface area contributed by atoms with Crippen LogP contribution in [0.3, 0.4) is 0 Å². The molecule has 1 aliphatic rings. The van der Waals surface area contributed by atoms with E-state index in [1.807, 2.05) is 0 Å². The number of carbonyl (C=O) groups excluding carboxylic acids is 2. The van der Waals surface area contributed by atoms with Gasteiger partial charge in [-0.15, -0.1) is 0 Å². The van der Waals surface area contributed by atoms with Crippen molar-refractivity contribution in [3.05, 3.63) is 0 Å². The van der Waals surface area contributed by atoms with Crippen molar-refractivity contribution < 1.29 is 9.59 Å². The molecule has 80 valence electrons. The third-order valence-corrected chi connectivity index (χ3v) is 2.79. The molecular formula is C10H16ClNO2. The lowest BCUT2D eigenvalue weighted by Crippen LogP contribution is -2.33. The zero-order chi connectivity index (χ0) is 10.4. The van der Waals surface area contributed by atoms with Gasteiger partial charge in [-0.2, -0.15) is 0 Å². The lowest BCUT2D eigenvalue weighted by Gasteiger charge is -2.20. The van der Waals surface area contributed by atoms with Gasteiger partial charge >= 0.3 is 0 Å². The van der Waals surface area contributed by atoms with Crippen LogP contribution in [0.25, 0.3) is 0 Å². The highest BCUT2D eigenvalue weighted by Crippen LogP contribution is 2.23. The van der Waals surface area contributed by atoms with Gasteiger partial charge in [-0.3, -0.25) is 9.59 Å². The largest absolute Gasteiger partial charge is 0.355 e. The SMILES string of the molecule is O=C(Cl)CCNC(=O)C1CCCCC1. The molecule has 0 aromatic carbocycles. The van der Waals surface area contributed by atoms with E-state index in [-0.39, 0.29) is 18.2 Å². The number of hydrogen-bond acceptors (Lipinski definition) is 2. The molecule has 0 unspecified atom stereocenters. The maximum Gasteiger partial charge on any atom is 0.223 e. The molecule has 1 N–H and O–H groups in total. The maximum absolute atomic E-state index is 11.5. The molecule has 0 atom stereocenters. The van der Waals surface area contributed by atoms with Gasteiger partial charge in [-0.05, 0) is 24.4 Å². The highest BCUT2D eigenvalue weighted by Gasteiger charge is 2.20. The van der Waals surface area contributed by atoms with Crippen LogP contribution in [0, 0.1) is 5.92 Å². The molecule has 4 heteroatoms. The van der Waals surface area contributed by atoms with Gasteiger partial charge in [0.15, 0.2) is 0 Å². The Labute approximate surface area is 89.2 Å². The Balaban J connectivity index is 2.16. The van der Waals surface area contributed by atoms with Crippen LogP contribution in [0.1, 0.15) is 38.5 Å². The molecule has 0 aromatic rings. The van der Waals surface area contributed by atoms with E-state index in [2.05, 4.69) is 5.32 Å². The lowest BCUT2D eigenvalue weighted by molar-refractivity contribution is -0.125. The Morgan fingerprint density at radius 3 is 2.43 bits per heavy atom. The van der Waals surface area contributed by atoms with E-state index in [1.165, 1.54) is 6.42 Å². The first-order valence-electron chi connectivity index (χ1n) is 5.16. The summed E-state index contributed by atoms with van der Waals surface area (Å²) in [7, 11) is 0. The van der Waals surface area contributed by atoms with Crippen LogP contribution in [0.4, 0.5) is 0 Å². The van der Waals surface area contributed by atoms with Crippen molar-refractivity contribution in [2.45, 2.75) is 38.5 Å². The van der Waals surface area contributed by atoms with Crippen molar-refractivity contribution in [1.29, 1.82) is 0 Å². The minimum absolute atomic E-state index is 0.0858. The summed E-state index contributed by atoms with van der Waals surface area (Å²) in [6, 6.07) is 0. The molecule has 14 heavy (non-hydrogen) atoms. The normalized spacial score (nSPS) is 17.8. The van der Waals surface area contributed by atoms with Crippen molar-refractivity contribution in [2.75, 3.05) is 6.54 Å². The van der Waals surface area contributed by atoms with E-state index in [1.54, 1.807) is 0 Å². The van der Waals surface area contributed by atoms with Crippen LogP contribution in [0.15, 0.2) is 0 Å². The second kappa shape index (κ2) is 6.02. The van der Waals surface area contributed by atoms with E-state index in [4.69, 9.17) is 11.6 Å². The molecule has 0 radical (unpaired) electrons. The minimum Gasteiger partial charge on any atom is -0.355 e. The van der Waals surface area contributed by atoms with E-state index >= 15 is 0 Å². The smallest absolute Gasteiger partial charge is 0.223 e. The van der Waals surface area contributed by atoms with E-state index in [0.29, 0.717) is 6.54 Å². The summed E-state index contributed by atoms with van der Waals surface area (Å²) < 4.78 is 0. The van der Waals surface area contributed by atoms with Crippen LogP contribution < -0.4 is 5.32 Å². The number of amides is 1. The number of halogens is 1. The summed E-state index contributed by atoms with van der Waals surface area (Å²) in [6.07, 6.45) is 5.73. The molecule has 1 fully saturated rings. The maximum atomic E-state index is 11.5. The van der Waals surface area contributed by atoms with Crippen LogP contribution in [0.2, 0.25) is 0 Å². The molecule has 0 heterocycles. The molecule has 1 rings (SSSR count). The van der Waals surface area contributed by atoms with Crippen LogP contribution in [0.5, 0.6) is 0 Å². The summed E-state index contributed by atoms with van der Waals surface area (Å²) in [6.45, 7) is 0.373. The predicted octanol–water partition coefficient (Wildman–Crippen LogP) is 1.84. The molecule has 0 spiro atoms. The number of hydrogen-bond donors (Lipinski definition) is 1. The second-order valence-electron chi connectivity index (χ2n) is 3.73. The molecule has 0 aliphatic heterocycles. The Bertz CT molecular complexity index is 212. The molecule has 3 nitrogen and oxygen atoms in total. The van der Waals surface area contributed by atoms with Gasteiger partial charge in [0, 0.05) is 18.9 Å². The highest BCUT2D eigenvalue weighted by molar-refractivity contribution is 6.63. The first-order chi connectivity index (χ1) is 6.70. The molecular weight excluding hydrogens is 202 g/mol. The van der Waals surface area contributed by atoms with Crippen LogP contribution >= 0.6 is 11.6 Å². The molecule has 0 bridgehead atoms. The molecule has 0 saturated heterocycles. The predicted molar refractivity (Wildman–Crippen MR) is 55.1 cm³/mol. The number of rotatable bonds is 4. The van der Waals surface area contributed by atoms with Gasteiger partial charge in [-0.1, -0.05) is 19.3 Å². The third kappa shape index (κ3) is 4.09. The molecule has 1 aliphatic carbocycles. The Morgan fingerprint density at radius 2 is 1.86 bits per heavy atom. The first-order valence-corrected chi connectivity index (χ1v) is 5.54. The first kappa shape index (κ1) is 11.5. The fourth-order valence-corrected chi connectivity index (χ4v) is 1.89. The summed E-state index contributed by atoms with van der Waals surface area (Å²) >= 11 is 5.16. The van der Waals surface area contributed by atoms with Crippen molar-refractivity contribution in [2.24, 2.45) is 5.92 Å². The Hall–Kier alpha value is -0.570. The van der Waals surface area contributed by atoms with Gasteiger partial charge in [0.2, 0.25) is 11.1 Å². The summed E-state index contributed by atoms with van der Waals surface area (Å²) in [5, 5.41) is 2.34. The fourth-order valence-electron chi connectivity index (χ4n) is 1.79. The summed E-state index contributed by atoms with van der Waals surface area (Å²) in [5.74, 6) is 0.247. The molecule has 1 saturated carbocycles. The van der Waals surface area contributed by atoms with E-state index in [0.717, 1.165) is 25.7 Å². The quantitative estimate of drug-likeness (QED) is 0.731. The van der Waals surface area contributed by atoms with Gasteiger partial charge in [0.25, 0.3) is 0 Å². The summed E-state index contributed by atoms with van der Waals surface area (Å²) in [4.78, 5) is 21.9. The lowest BCUT2D eigenvalue weighted by atomic mass is 9.89.